The van der Waals surface area contributed by atoms with Crippen LogP contribution in [-0.2, 0) is 12.7 Å². The molecule has 0 aliphatic rings. The molecule has 1 heterocycles. The van der Waals surface area contributed by atoms with Crippen LogP contribution < -0.4 is 0 Å². The Bertz CT molecular complexity index is 787. The Balaban J connectivity index is 2.27. The van der Waals surface area contributed by atoms with Gasteiger partial charge in [0, 0.05) is 0 Å². The van der Waals surface area contributed by atoms with Crippen molar-refractivity contribution >= 4 is 11.6 Å². The third kappa shape index (κ3) is 4.51. The Morgan fingerprint density at radius 3 is 2.21 bits per heavy atom. The van der Waals surface area contributed by atoms with Crippen LogP contribution in [0.2, 0.25) is 5.28 Å². The number of aromatic nitrogens is 2. The van der Waals surface area contributed by atoms with Crippen molar-refractivity contribution in [2.24, 2.45) is 0 Å². The number of alkyl halides is 4. The SMILES string of the molecule is Cc1c(C#CC(C)(C)F)nc(Cl)n1Cc1ccc(C(F)(F)F)cc1. The number of imidazole rings is 1. The summed E-state index contributed by atoms with van der Waals surface area (Å²) in [4.78, 5) is 4.07. The number of halogens is 5. The molecule has 1 aromatic carbocycles. The van der Waals surface area contributed by atoms with Crippen molar-refractivity contribution < 1.29 is 17.6 Å². The van der Waals surface area contributed by atoms with Crippen LogP contribution >= 0.6 is 11.6 Å². The van der Waals surface area contributed by atoms with Gasteiger partial charge < -0.3 is 4.57 Å². The van der Waals surface area contributed by atoms with Crippen LogP contribution in [0.4, 0.5) is 17.6 Å². The van der Waals surface area contributed by atoms with Crippen molar-refractivity contribution in [3.63, 3.8) is 0 Å². The van der Waals surface area contributed by atoms with Gasteiger partial charge >= 0.3 is 6.18 Å². The van der Waals surface area contributed by atoms with E-state index in [9.17, 15) is 17.6 Å². The molecule has 0 radical (unpaired) electrons. The first kappa shape index (κ1) is 18.3. The number of hydrogen-bond donors (Lipinski definition) is 0. The average Bonchev–Trinajstić information content (AvgIpc) is 2.72. The van der Waals surface area contributed by atoms with Crippen LogP contribution in [0.15, 0.2) is 24.3 Å². The molecule has 1 aromatic heterocycles. The molecular formula is C17H15ClF4N2. The maximum Gasteiger partial charge on any atom is 0.416 e. The van der Waals surface area contributed by atoms with E-state index in [1.54, 1.807) is 11.5 Å². The zero-order valence-corrected chi connectivity index (χ0v) is 14.1. The monoisotopic (exact) mass is 358 g/mol. The molecule has 0 N–H and O–H groups in total. The van der Waals surface area contributed by atoms with Crippen molar-refractivity contribution in [2.45, 2.75) is 39.2 Å². The number of rotatable bonds is 2. The quantitative estimate of drug-likeness (QED) is 0.545. The number of hydrogen-bond acceptors (Lipinski definition) is 1. The van der Waals surface area contributed by atoms with Gasteiger partial charge in [-0.05, 0) is 56.0 Å². The zero-order valence-electron chi connectivity index (χ0n) is 13.3. The molecule has 0 spiro atoms. The van der Waals surface area contributed by atoms with E-state index in [4.69, 9.17) is 11.6 Å². The second-order valence-corrected chi connectivity index (χ2v) is 6.16. The summed E-state index contributed by atoms with van der Waals surface area (Å²) in [6, 6.07) is 4.80. The van der Waals surface area contributed by atoms with Gasteiger partial charge in [0.15, 0.2) is 5.67 Å². The van der Waals surface area contributed by atoms with E-state index in [-0.39, 0.29) is 11.8 Å². The Morgan fingerprint density at radius 2 is 1.71 bits per heavy atom. The summed E-state index contributed by atoms with van der Waals surface area (Å²) in [5, 5.41) is 0.147. The predicted octanol–water partition coefficient (Wildman–Crippen LogP) is 5.01. The Hall–Kier alpha value is -2.00. The van der Waals surface area contributed by atoms with Gasteiger partial charge in [-0.15, -0.1) is 0 Å². The van der Waals surface area contributed by atoms with Gasteiger partial charge in [-0.1, -0.05) is 18.1 Å². The van der Waals surface area contributed by atoms with E-state index in [0.29, 0.717) is 17.0 Å². The van der Waals surface area contributed by atoms with E-state index in [1.807, 2.05) is 0 Å². The first-order valence-electron chi connectivity index (χ1n) is 7.08. The predicted molar refractivity (Wildman–Crippen MR) is 84.6 cm³/mol. The van der Waals surface area contributed by atoms with E-state index < -0.39 is 17.4 Å². The molecule has 7 heteroatoms. The summed E-state index contributed by atoms with van der Waals surface area (Å²) in [6.45, 7) is 4.63. The summed E-state index contributed by atoms with van der Waals surface area (Å²) < 4.78 is 52.8. The molecule has 0 aliphatic carbocycles. The highest BCUT2D eigenvalue weighted by molar-refractivity contribution is 6.28. The molecule has 0 atom stereocenters. The lowest BCUT2D eigenvalue weighted by Crippen LogP contribution is -2.07. The normalized spacial score (nSPS) is 12.0. The highest BCUT2D eigenvalue weighted by Crippen LogP contribution is 2.29. The zero-order chi connectivity index (χ0) is 18.1. The van der Waals surface area contributed by atoms with Gasteiger partial charge in [-0.25, -0.2) is 9.37 Å². The topological polar surface area (TPSA) is 17.8 Å². The highest BCUT2D eigenvalue weighted by atomic mass is 35.5. The fourth-order valence-corrected chi connectivity index (χ4v) is 2.26. The van der Waals surface area contributed by atoms with Gasteiger partial charge in [0.25, 0.3) is 0 Å². The molecule has 0 saturated heterocycles. The number of nitrogens with zero attached hydrogens (tertiary/aromatic N) is 2. The third-order valence-electron chi connectivity index (χ3n) is 3.27. The molecule has 128 valence electrons. The Labute approximate surface area is 142 Å². The van der Waals surface area contributed by atoms with Crippen molar-refractivity contribution in [1.29, 1.82) is 0 Å². The lowest BCUT2D eigenvalue weighted by Gasteiger charge is -2.09. The van der Waals surface area contributed by atoms with Crippen LogP contribution in [0.25, 0.3) is 0 Å². The lowest BCUT2D eigenvalue weighted by atomic mass is 10.1. The third-order valence-corrected chi connectivity index (χ3v) is 3.56. The van der Waals surface area contributed by atoms with Gasteiger partial charge in [0.1, 0.15) is 5.69 Å². The van der Waals surface area contributed by atoms with Crippen LogP contribution in [0.1, 0.15) is 36.4 Å². The number of benzene rings is 1. The minimum Gasteiger partial charge on any atom is -0.313 e. The van der Waals surface area contributed by atoms with E-state index in [1.165, 1.54) is 26.0 Å². The standard InChI is InChI=1S/C17H15ClF4N2/c1-11-14(8-9-16(2,3)19)23-15(18)24(11)10-12-4-6-13(7-5-12)17(20,21)22/h4-7H,10H2,1-3H3. The van der Waals surface area contributed by atoms with Crippen molar-refractivity contribution in [2.75, 3.05) is 0 Å². The summed E-state index contributed by atoms with van der Waals surface area (Å²) in [5.74, 6) is 5.07. The lowest BCUT2D eigenvalue weighted by molar-refractivity contribution is -0.137. The van der Waals surface area contributed by atoms with Crippen LogP contribution in [-0.4, -0.2) is 15.2 Å². The smallest absolute Gasteiger partial charge is 0.313 e. The maximum atomic E-state index is 13.5. The first-order chi connectivity index (χ1) is 11.0. The van der Waals surface area contributed by atoms with E-state index >= 15 is 0 Å². The summed E-state index contributed by atoms with van der Waals surface area (Å²) in [7, 11) is 0. The fourth-order valence-electron chi connectivity index (χ4n) is 1.99. The maximum absolute atomic E-state index is 13.5. The second kappa shape index (κ2) is 6.48. The van der Waals surface area contributed by atoms with Crippen LogP contribution in [0.3, 0.4) is 0 Å². The van der Waals surface area contributed by atoms with Gasteiger partial charge in [-0.3, -0.25) is 0 Å². The Morgan fingerprint density at radius 1 is 1.12 bits per heavy atom. The largest absolute Gasteiger partial charge is 0.416 e. The molecule has 0 bridgehead atoms. The second-order valence-electron chi connectivity index (χ2n) is 5.82. The molecule has 24 heavy (non-hydrogen) atoms. The fraction of sp³-hybridized carbons (Fsp3) is 0.353. The van der Waals surface area contributed by atoms with Gasteiger partial charge in [0.2, 0.25) is 5.28 Å². The minimum atomic E-state index is -4.37. The molecule has 0 aliphatic heterocycles. The average molecular weight is 359 g/mol. The van der Waals surface area contributed by atoms with Gasteiger partial charge in [-0.2, -0.15) is 13.2 Å². The van der Waals surface area contributed by atoms with Crippen LogP contribution in [0.5, 0.6) is 0 Å². The first-order valence-corrected chi connectivity index (χ1v) is 7.46. The van der Waals surface area contributed by atoms with Crippen molar-refractivity contribution in [1.82, 2.24) is 9.55 Å². The van der Waals surface area contributed by atoms with Crippen LogP contribution in [0, 0.1) is 18.8 Å². The minimum absolute atomic E-state index is 0.147. The molecule has 0 amide bonds. The summed E-state index contributed by atoms with van der Waals surface area (Å²) in [5.41, 5.74) is -0.766. The molecule has 2 nitrogen and oxygen atoms in total. The molecule has 0 fully saturated rings. The summed E-state index contributed by atoms with van der Waals surface area (Å²) >= 11 is 6.06. The summed E-state index contributed by atoms with van der Waals surface area (Å²) in [6.07, 6.45) is -4.37. The Kier molecular flexibility index (Phi) is 4.95. The molecule has 0 unspecified atom stereocenters. The molecular weight excluding hydrogens is 344 g/mol. The van der Waals surface area contributed by atoms with E-state index in [0.717, 1.165) is 12.1 Å². The highest BCUT2D eigenvalue weighted by Gasteiger charge is 2.29. The van der Waals surface area contributed by atoms with Crippen molar-refractivity contribution in [3.05, 3.63) is 52.1 Å². The molecule has 2 aromatic rings. The molecule has 2 rings (SSSR count). The van der Waals surface area contributed by atoms with Crippen molar-refractivity contribution in [3.8, 4) is 11.8 Å². The molecule has 0 saturated carbocycles. The van der Waals surface area contributed by atoms with Gasteiger partial charge in [0.05, 0.1) is 17.8 Å². The van der Waals surface area contributed by atoms with E-state index in [2.05, 4.69) is 16.8 Å².